The second-order valence-electron chi connectivity index (χ2n) is 15.2. The highest BCUT2D eigenvalue weighted by molar-refractivity contribution is 6.11. The number of para-hydroxylation sites is 3. The van der Waals surface area contributed by atoms with Gasteiger partial charge in [-0.25, -0.2) is 0 Å². The summed E-state index contributed by atoms with van der Waals surface area (Å²) in [7, 11) is 0. The van der Waals surface area contributed by atoms with Gasteiger partial charge in [0.2, 0.25) is 0 Å². The van der Waals surface area contributed by atoms with Gasteiger partial charge in [-0.15, -0.1) is 10.2 Å². The molecule has 12 rings (SSSR count). The molecule has 0 amide bonds. The third kappa shape index (κ3) is 6.46. The van der Waals surface area contributed by atoms with E-state index in [4.69, 9.17) is 20.2 Å². The molecule has 300 valence electrons. The molecular formula is C56H41N7. The third-order valence-electron chi connectivity index (χ3n) is 11.7. The number of benzene rings is 7. The van der Waals surface area contributed by atoms with Crippen molar-refractivity contribution in [3.8, 4) is 62.4 Å². The fraction of sp³-hybridized carbons (Fsp3) is 0.0357. The first-order chi connectivity index (χ1) is 31.3. The SMILES string of the molecule is CC.c1ccc(-c2ccc3c(c2)c2ccccc2n3-c2ccnc(-c3nnc(-c4cc(-n5c6ccccc6c6cc(-c7ccccc7)ccc65)ccn4)n3-c3ccccc3)c2)cc1. The largest absolute Gasteiger partial charge is 0.309 e. The minimum Gasteiger partial charge on any atom is -0.309 e. The minimum atomic E-state index is 0.618. The van der Waals surface area contributed by atoms with Crippen LogP contribution in [0, 0.1) is 0 Å². The first kappa shape index (κ1) is 37.6. The molecule has 0 aliphatic heterocycles. The van der Waals surface area contributed by atoms with E-state index in [2.05, 4.69) is 196 Å². The van der Waals surface area contributed by atoms with E-state index in [-0.39, 0.29) is 0 Å². The quantitative estimate of drug-likeness (QED) is 0.161. The van der Waals surface area contributed by atoms with E-state index < -0.39 is 0 Å². The Bertz CT molecular complexity index is 3370. The van der Waals surface area contributed by atoms with Crippen LogP contribution in [0.25, 0.3) is 106 Å². The summed E-state index contributed by atoms with van der Waals surface area (Å²) in [5.41, 5.74) is 13.5. The first-order valence-electron chi connectivity index (χ1n) is 21.4. The van der Waals surface area contributed by atoms with Gasteiger partial charge in [-0.2, -0.15) is 0 Å². The molecule has 0 N–H and O–H groups in total. The number of pyridine rings is 2. The summed E-state index contributed by atoms with van der Waals surface area (Å²) in [5, 5.41) is 14.5. The van der Waals surface area contributed by atoms with Crippen molar-refractivity contribution in [1.29, 1.82) is 0 Å². The Balaban J connectivity index is 0.00000219. The second kappa shape index (κ2) is 15.9. The molecule has 0 saturated heterocycles. The summed E-state index contributed by atoms with van der Waals surface area (Å²) in [5.74, 6) is 1.24. The van der Waals surface area contributed by atoms with Crippen LogP contribution in [0.5, 0.6) is 0 Å². The lowest BCUT2D eigenvalue weighted by Gasteiger charge is -2.13. The van der Waals surface area contributed by atoms with Crippen molar-refractivity contribution < 1.29 is 0 Å². The lowest BCUT2D eigenvalue weighted by Crippen LogP contribution is -2.03. The Morgan fingerprint density at radius 2 is 0.698 bits per heavy atom. The summed E-state index contributed by atoms with van der Waals surface area (Å²) < 4.78 is 6.69. The van der Waals surface area contributed by atoms with Gasteiger partial charge in [0.1, 0.15) is 11.4 Å². The normalized spacial score (nSPS) is 11.3. The summed E-state index contributed by atoms with van der Waals surface area (Å²) in [4.78, 5) is 9.84. The van der Waals surface area contributed by atoms with E-state index in [0.717, 1.165) is 39.1 Å². The van der Waals surface area contributed by atoms with Crippen molar-refractivity contribution in [2.45, 2.75) is 13.8 Å². The second-order valence-corrected chi connectivity index (χ2v) is 15.2. The smallest absolute Gasteiger partial charge is 0.187 e. The molecule has 5 aromatic heterocycles. The van der Waals surface area contributed by atoms with Crippen LogP contribution >= 0.6 is 0 Å². The molecule has 7 aromatic carbocycles. The van der Waals surface area contributed by atoms with E-state index in [9.17, 15) is 0 Å². The molecule has 12 aromatic rings. The van der Waals surface area contributed by atoms with E-state index in [1.54, 1.807) is 0 Å². The van der Waals surface area contributed by atoms with Crippen LogP contribution in [0.4, 0.5) is 0 Å². The highest BCUT2D eigenvalue weighted by atomic mass is 15.3. The standard InChI is InChI=1S/C54H35N7.C2H6/c1-4-14-36(15-5-1)38-24-26-51-45(32-38)43-20-10-12-22-49(43)59(51)41-28-30-55-47(34-41)53-57-58-54(61(53)40-18-8-3-9-19-40)48-35-42(29-31-56-48)60-50-23-13-11-21-44(50)46-33-39(25-27-52(46)60)37-16-6-2-7-17-37;1-2/h1-35H;1-2H3. The third-order valence-corrected chi connectivity index (χ3v) is 11.7. The fourth-order valence-corrected chi connectivity index (χ4v) is 8.92. The van der Waals surface area contributed by atoms with Crippen molar-refractivity contribution in [1.82, 2.24) is 33.9 Å². The van der Waals surface area contributed by atoms with Gasteiger partial charge in [-0.3, -0.25) is 14.5 Å². The zero-order valence-electron chi connectivity index (χ0n) is 34.8. The molecule has 0 atom stereocenters. The van der Waals surface area contributed by atoms with Crippen molar-refractivity contribution in [2.75, 3.05) is 0 Å². The number of nitrogens with zero attached hydrogens (tertiary/aromatic N) is 7. The van der Waals surface area contributed by atoms with Gasteiger partial charge in [0.25, 0.3) is 0 Å². The molecule has 0 aliphatic carbocycles. The van der Waals surface area contributed by atoms with Crippen LogP contribution in [0.1, 0.15) is 13.8 Å². The van der Waals surface area contributed by atoms with Crippen molar-refractivity contribution in [3.63, 3.8) is 0 Å². The number of aromatic nitrogens is 7. The van der Waals surface area contributed by atoms with Crippen molar-refractivity contribution in [2.24, 2.45) is 0 Å². The summed E-state index contributed by atoms with van der Waals surface area (Å²) in [6.07, 6.45) is 3.72. The average Bonchev–Trinajstić information content (AvgIpc) is 4.06. The van der Waals surface area contributed by atoms with Gasteiger partial charge < -0.3 is 9.13 Å². The lowest BCUT2D eigenvalue weighted by molar-refractivity contribution is 1.04. The van der Waals surface area contributed by atoms with E-state index in [1.165, 1.54) is 43.8 Å². The van der Waals surface area contributed by atoms with Gasteiger partial charge in [0.05, 0.1) is 22.1 Å². The molecule has 0 spiro atoms. The monoisotopic (exact) mass is 811 g/mol. The molecular weight excluding hydrogens is 771 g/mol. The van der Waals surface area contributed by atoms with Crippen LogP contribution in [-0.2, 0) is 0 Å². The molecule has 7 heteroatoms. The highest BCUT2D eigenvalue weighted by Gasteiger charge is 2.22. The minimum absolute atomic E-state index is 0.618. The summed E-state index contributed by atoms with van der Waals surface area (Å²) in [6, 6.07) is 70.2. The Morgan fingerprint density at radius 1 is 0.302 bits per heavy atom. The topological polar surface area (TPSA) is 66.3 Å². The van der Waals surface area contributed by atoms with E-state index in [1.807, 2.05) is 44.4 Å². The molecule has 0 aliphatic rings. The predicted molar refractivity (Wildman–Crippen MR) is 259 cm³/mol. The van der Waals surface area contributed by atoms with Gasteiger partial charge >= 0.3 is 0 Å². The Morgan fingerprint density at radius 3 is 1.16 bits per heavy atom. The zero-order valence-corrected chi connectivity index (χ0v) is 34.8. The molecule has 7 nitrogen and oxygen atoms in total. The summed E-state index contributed by atoms with van der Waals surface area (Å²) in [6.45, 7) is 4.00. The molecule has 0 saturated carbocycles. The predicted octanol–water partition coefficient (Wildman–Crippen LogP) is 13.9. The van der Waals surface area contributed by atoms with Crippen LogP contribution < -0.4 is 0 Å². The molecule has 0 radical (unpaired) electrons. The number of hydrogen-bond acceptors (Lipinski definition) is 4. The van der Waals surface area contributed by atoms with Crippen LogP contribution in [0.2, 0.25) is 0 Å². The maximum atomic E-state index is 4.92. The van der Waals surface area contributed by atoms with Crippen molar-refractivity contribution in [3.05, 3.63) is 213 Å². The molecule has 0 bridgehead atoms. The molecule has 5 heterocycles. The number of fused-ring (bicyclic) bond motifs is 6. The Hall–Kier alpha value is -8.42. The van der Waals surface area contributed by atoms with Crippen LogP contribution in [0.3, 0.4) is 0 Å². The van der Waals surface area contributed by atoms with Gasteiger partial charge in [-0.1, -0.05) is 141 Å². The Kier molecular flexibility index (Phi) is 9.47. The lowest BCUT2D eigenvalue weighted by atomic mass is 10.0. The maximum Gasteiger partial charge on any atom is 0.187 e. The highest BCUT2D eigenvalue weighted by Crippen LogP contribution is 2.38. The summed E-state index contributed by atoms with van der Waals surface area (Å²) >= 11 is 0. The first-order valence-corrected chi connectivity index (χ1v) is 21.4. The Labute approximate surface area is 364 Å². The average molecular weight is 812 g/mol. The van der Waals surface area contributed by atoms with Gasteiger partial charge in [-0.05, 0) is 95.1 Å². The van der Waals surface area contributed by atoms with Crippen molar-refractivity contribution >= 4 is 43.6 Å². The molecule has 63 heavy (non-hydrogen) atoms. The zero-order chi connectivity index (χ0) is 42.3. The number of rotatable bonds is 7. The van der Waals surface area contributed by atoms with Crippen LogP contribution in [0.15, 0.2) is 213 Å². The van der Waals surface area contributed by atoms with Gasteiger partial charge in [0.15, 0.2) is 11.6 Å². The molecule has 0 unspecified atom stereocenters. The van der Waals surface area contributed by atoms with Gasteiger partial charge in [0, 0.05) is 51.0 Å². The maximum absolute atomic E-state index is 4.92. The van der Waals surface area contributed by atoms with Crippen LogP contribution in [-0.4, -0.2) is 33.9 Å². The van der Waals surface area contributed by atoms with E-state index >= 15 is 0 Å². The number of hydrogen-bond donors (Lipinski definition) is 0. The van der Waals surface area contributed by atoms with E-state index in [0.29, 0.717) is 23.0 Å². The molecule has 0 fully saturated rings. The fourth-order valence-electron chi connectivity index (χ4n) is 8.92.